The highest BCUT2D eigenvalue weighted by atomic mass is 32.2. The van der Waals surface area contributed by atoms with E-state index in [0.29, 0.717) is 35.8 Å². The molecule has 4 rings (SSSR count). The molecule has 36 heavy (non-hydrogen) atoms. The van der Waals surface area contributed by atoms with Crippen molar-refractivity contribution in [2.45, 2.75) is 18.2 Å². The Labute approximate surface area is 212 Å². The molecule has 0 unspecified atom stereocenters. The number of nitrogens with zero attached hydrogens (tertiary/aromatic N) is 1. The maximum atomic E-state index is 13.2. The Morgan fingerprint density at radius 3 is 2.17 bits per heavy atom. The quantitative estimate of drug-likeness (QED) is 0.300. The zero-order chi connectivity index (χ0) is 25.4. The number of carbonyl (C=O) groups excluding carboxylic acids is 1. The minimum atomic E-state index is -3.73. The van der Waals surface area contributed by atoms with E-state index in [0.717, 1.165) is 6.42 Å². The van der Waals surface area contributed by atoms with E-state index in [4.69, 9.17) is 4.74 Å². The molecule has 1 N–H and O–H groups in total. The lowest BCUT2D eigenvalue weighted by atomic mass is 10.1. The molecule has 1 amide bonds. The fourth-order valence-electron chi connectivity index (χ4n) is 3.78. The molecule has 0 aliphatic carbocycles. The smallest absolute Gasteiger partial charge is 0.264 e. The first kappa shape index (κ1) is 25.0. The summed E-state index contributed by atoms with van der Waals surface area (Å²) >= 11 is 0. The van der Waals surface area contributed by atoms with Crippen LogP contribution in [-0.4, -0.2) is 27.5 Å². The third-order valence-electron chi connectivity index (χ3n) is 5.63. The van der Waals surface area contributed by atoms with Crippen LogP contribution in [0.25, 0.3) is 0 Å². The van der Waals surface area contributed by atoms with E-state index < -0.39 is 10.0 Å². The van der Waals surface area contributed by atoms with Crippen molar-refractivity contribution in [2.24, 2.45) is 0 Å². The van der Waals surface area contributed by atoms with Crippen molar-refractivity contribution >= 4 is 27.3 Å². The number of amides is 1. The second-order valence-electron chi connectivity index (χ2n) is 8.10. The largest absolute Gasteiger partial charge is 0.493 e. The number of hydrogen-bond donors (Lipinski definition) is 1. The standard InChI is InChI=1S/C29H28N2O4S/c1-2-31(26-13-7-4-8-14-26)36(33,34)28-18-16-25(17-19-28)30-29(32)24-12-9-15-27(22-24)35-21-20-23-10-5-3-6-11-23/h3-19,22H,2,20-21H2,1H3,(H,30,32). The average molecular weight is 501 g/mol. The predicted octanol–water partition coefficient (Wildman–Crippen LogP) is 5.78. The van der Waals surface area contributed by atoms with Crippen LogP contribution in [0.15, 0.2) is 114 Å². The number of ether oxygens (including phenoxy) is 1. The molecule has 0 saturated heterocycles. The van der Waals surface area contributed by atoms with Gasteiger partial charge in [0.25, 0.3) is 15.9 Å². The Balaban J connectivity index is 1.40. The van der Waals surface area contributed by atoms with Crippen LogP contribution in [0.1, 0.15) is 22.8 Å². The fraction of sp³-hybridized carbons (Fsp3) is 0.138. The average Bonchev–Trinajstić information content (AvgIpc) is 2.91. The van der Waals surface area contributed by atoms with E-state index >= 15 is 0 Å². The van der Waals surface area contributed by atoms with Crippen LogP contribution >= 0.6 is 0 Å². The molecule has 0 saturated carbocycles. The van der Waals surface area contributed by atoms with Gasteiger partial charge in [-0.1, -0.05) is 54.6 Å². The normalized spacial score (nSPS) is 11.0. The van der Waals surface area contributed by atoms with Gasteiger partial charge in [-0.05, 0) is 67.1 Å². The van der Waals surface area contributed by atoms with E-state index in [1.165, 1.54) is 22.0 Å². The number of nitrogens with one attached hydrogen (secondary N) is 1. The summed E-state index contributed by atoms with van der Waals surface area (Å²) in [6, 6.07) is 32.2. The van der Waals surface area contributed by atoms with E-state index in [1.54, 1.807) is 61.5 Å². The molecule has 0 aliphatic rings. The van der Waals surface area contributed by atoms with Crippen molar-refractivity contribution in [3.8, 4) is 5.75 Å². The van der Waals surface area contributed by atoms with Crippen molar-refractivity contribution < 1.29 is 17.9 Å². The van der Waals surface area contributed by atoms with Gasteiger partial charge in [0.05, 0.1) is 17.2 Å². The van der Waals surface area contributed by atoms with Crippen molar-refractivity contribution in [1.82, 2.24) is 0 Å². The minimum Gasteiger partial charge on any atom is -0.493 e. The van der Waals surface area contributed by atoms with Crippen molar-refractivity contribution in [3.05, 3.63) is 120 Å². The summed E-state index contributed by atoms with van der Waals surface area (Å²) in [6.07, 6.45) is 0.770. The van der Waals surface area contributed by atoms with Crippen LogP contribution in [0.2, 0.25) is 0 Å². The Morgan fingerprint density at radius 2 is 1.50 bits per heavy atom. The number of carbonyl (C=O) groups is 1. The lowest BCUT2D eigenvalue weighted by molar-refractivity contribution is 0.102. The molecule has 0 radical (unpaired) electrons. The molecule has 4 aromatic carbocycles. The molecule has 0 aliphatic heterocycles. The first-order valence-electron chi connectivity index (χ1n) is 11.7. The Hall–Kier alpha value is -4.10. The van der Waals surface area contributed by atoms with Gasteiger partial charge < -0.3 is 10.1 Å². The van der Waals surface area contributed by atoms with Crippen LogP contribution < -0.4 is 14.4 Å². The predicted molar refractivity (Wildman–Crippen MR) is 143 cm³/mol. The number of anilines is 2. The van der Waals surface area contributed by atoms with E-state index in [1.807, 2.05) is 42.5 Å². The highest BCUT2D eigenvalue weighted by Crippen LogP contribution is 2.24. The lowest BCUT2D eigenvalue weighted by Gasteiger charge is -2.23. The number of sulfonamides is 1. The van der Waals surface area contributed by atoms with Crippen LogP contribution in [0.5, 0.6) is 5.75 Å². The summed E-state index contributed by atoms with van der Waals surface area (Å²) in [4.78, 5) is 12.9. The summed E-state index contributed by atoms with van der Waals surface area (Å²) in [6.45, 7) is 2.59. The van der Waals surface area contributed by atoms with Crippen LogP contribution in [-0.2, 0) is 16.4 Å². The Morgan fingerprint density at radius 1 is 0.833 bits per heavy atom. The highest BCUT2D eigenvalue weighted by molar-refractivity contribution is 7.92. The summed E-state index contributed by atoms with van der Waals surface area (Å²) in [5, 5.41) is 2.82. The third kappa shape index (κ3) is 6.12. The van der Waals surface area contributed by atoms with Crippen molar-refractivity contribution in [1.29, 1.82) is 0 Å². The van der Waals surface area contributed by atoms with Gasteiger partial charge in [0.15, 0.2) is 0 Å². The summed E-state index contributed by atoms with van der Waals surface area (Å²) in [7, 11) is -3.73. The lowest BCUT2D eigenvalue weighted by Crippen LogP contribution is -2.30. The first-order valence-corrected chi connectivity index (χ1v) is 13.2. The summed E-state index contributed by atoms with van der Waals surface area (Å²) in [5.74, 6) is 0.305. The molecule has 4 aromatic rings. The van der Waals surface area contributed by atoms with Gasteiger partial charge in [0, 0.05) is 24.2 Å². The van der Waals surface area contributed by atoms with Gasteiger partial charge >= 0.3 is 0 Å². The third-order valence-corrected chi connectivity index (χ3v) is 7.55. The van der Waals surface area contributed by atoms with Gasteiger partial charge in [0.1, 0.15) is 5.75 Å². The fourth-order valence-corrected chi connectivity index (χ4v) is 5.26. The highest BCUT2D eigenvalue weighted by Gasteiger charge is 2.23. The van der Waals surface area contributed by atoms with E-state index in [2.05, 4.69) is 5.32 Å². The van der Waals surface area contributed by atoms with E-state index in [9.17, 15) is 13.2 Å². The van der Waals surface area contributed by atoms with Crippen molar-refractivity contribution in [2.75, 3.05) is 22.8 Å². The number of benzene rings is 4. The molecular weight excluding hydrogens is 472 g/mol. The Kier molecular flexibility index (Phi) is 8.02. The Bertz CT molecular complexity index is 1390. The number of rotatable bonds is 10. The van der Waals surface area contributed by atoms with E-state index in [-0.39, 0.29) is 10.8 Å². The zero-order valence-corrected chi connectivity index (χ0v) is 20.8. The first-order chi connectivity index (χ1) is 17.5. The molecular formula is C29H28N2O4S. The molecule has 6 nitrogen and oxygen atoms in total. The van der Waals surface area contributed by atoms with Gasteiger partial charge in [0.2, 0.25) is 0 Å². The van der Waals surface area contributed by atoms with Crippen molar-refractivity contribution in [3.63, 3.8) is 0 Å². The second-order valence-corrected chi connectivity index (χ2v) is 9.96. The van der Waals surface area contributed by atoms with Crippen LogP contribution in [0.4, 0.5) is 11.4 Å². The van der Waals surface area contributed by atoms with Gasteiger partial charge in [-0.2, -0.15) is 0 Å². The van der Waals surface area contributed by atoms with Crippen LogP contribution in [0, 0.1) is 0 Å². The second kappa shape index (κ2) is 11.6. The number of hydrogen-bond acceptors (Lipinski definition) is 4. The molecule has 0 spiro atoms. The molecule has 184 valence electrons. The van der Waals surface area contributed by atoms with Crippen LogP contribution in [0.3, 0.4) is 0 Å². The summed E-state index contributed by atoms with van der Waals surface area (Å²) < 4.78 is 33.5. The molecule has 0 bridgehead atoms. The monoisotopic (exact) mass is 500 g/mol. The summed E-state index contributed by atoms with van der Waals surface area (Å²) in [5.41, 5.74) is 2.73. The SMILES string of the molecule is CCN(c1ccccc1)S(=O)(=O)c1ccc(NC(=O)c2cccc(OCCc3ccccc3)c2)cc1. The maximum absolute atomic E-state index is 13.2. The molecule has 0 aromatic heterocycles. The van der Waals surface area contributed by atoms with Gasteiger partial charge in [-0.25, -0.2) is 8.42 Å². The topological polar surface area (TPSA) is 75.7 Å². The molecule has 0 fully saturated rings. The molecule has 0 atom stereocenters. The molecule has 0 heterocycles. The van der Waals surface area contributed by atoms with Gasteiger partial charge in [-0.3, -0.25) is 9.10 Å². The molecule has 7 heteroatoms. The number of para-hydroxylation sites is 1. The zero-order valence-electron chi connectivity index (χ0n) is 20.0. The van der Waals surface area contributed by atoms with Gasteiger partial charge in [-0.15, -0.1) is 0 Å². The minimum absolute atomic E-state index is 0.153. The maximum Gasteiger partial charge on any atom is 0.264 e.